The molecular weight excluding hydrogens is 182 g/mol. The lowest BCUT2D eigenvalue weighted by atomic mass is 10.2. The fraction of sp³-hybridized carbons (Fsp3) is 0.700. The van der Waals surface area contributed by atoms with E-state index in [0.717, 1.165) is 0 Å². The summed E-state index contributed by atoms with van der Waals surface area (Å²) in [6, 6.07) is 0. The molecule has 0 saturated carbocycles. The molecule has 0 aromatic heterocycles. The van der Waals surface area contributed by atoms with Crippen LogP contribution in [0, 0.1) is 0 Å². The van der Waals surface area contributed by atoms with Crippen molar-refractivity contribution in [2.45, 2.75) is 39.5 Å². The summed E-state index contributed by atoms with van der Waals surface area (Å²) in [6.07, 6.45) is 0.768. The van der Waals surface area contributed by atoms with Gasteiger partial charge in [-0.05, 0) is 27.7 Å². The van der Waals surface area contributed by atoms with Crippen molar-refractivity contribution in [1.29, 1.82) is 0 Å². The molecule has 0 aromatic carbocycles. The Balaban J connectivity index is 3.76. The zero-order valence-corrected chi connectivity index (χ0v) is 9.29. The Bertz CT molecular complexity index is 196. The fourth-order valence-electron chi connectivity index (χ4n) is 0.728. The highest BCUT2D eigenvalue weighted by molar-refractivity contribution is 5.67. The number of alkyl carbamates (subject to hydrolysis) is 1. The van der Waals surface area contributed by atoms with Gasteiger partial charge >= 0.3 is 6.09 Å². The number of carbonyl (C=O) groups is 1. The molecule has 4 nitrogen and oxygen atoms in total. The summed E-state index contributed by atoms with van der Waals surface area (Å²) in [7, 11) is 0. The van der Waals surface area contributed by atoms with Gasteiger partial charge in [0, 0.05) is 0 Å². The fourth-order valence-corrected chi connectivity index (χ4v) is 0.728. The number of hydrogen-bond donors (Lipinski definition) is 1. The first-order chi connectivity index (χ1) is 6.35. The highest BCUT2D eigenvalue weighted by Crippen LogP contribution is 2.06. The topological polar surface area (TPSA) is 47.6 Å². The first kappa shape index (κ1) is 13.0. The SMILES string of the molecule is C=CCOC(C)NC(=O)OC(C)(C)C. The molecule has 0 saturated heterocycles. The monoisotopic (exact) mass is 201 g/mol. The molecule has 0 spiro atoms. The van der Waals surface area contributed by atoms with Gasteiger partial charge in [0.15, 0.2) is 0 Å². The van der Waals surface area contributed by atoms with Gasteiger partial charge in [0.2, 0.25) is 0 Å². The van der Waals surface area contributed by atoms with Crippen LogP contribution in [0.4, 0.5) is 4.79 Å². The molecule has 0 bridgehead atoms. The van der Waals surface area contributed by atoms with E-state index in [-0.39, 0.29) is 6.23 Å². The summed E-state index contributed by atoms with van der Waals surface area (Å²) in [5.74, 6) is 0. The van der Waals surface area contributed by atoms with Crippen molar-refractivity contribution in [3.05, 3.63) is 12.7 Å². The van der Waals surface area contributed by atoms with Gasteiger partial charge in [-0.2, -0.15) is 0 Å². The summed E-state index contributed by atoms with van der Waals surface area (Å²) in [4.78, 5) is 11.2. The van der Waals surface area contributed by atoms with Gasteiger partial charge in [0.25, 0.3) is 0 Å². The quantitative estimate of drug-likeness (QED) is 0.559. The molecule has 0 aliphatic heterocycles. The second kappa shape index (κ2) is 5.65. The molecule has 0 heterocycles. The van der Waals surface area contributed by atoms with E-state index in [9.17, 15) is 4.79 Å². The van der Waals surface area contributed by atoms with Gasteiger partial charge < -0.3 is 9.47 Å². The van der Waals surface area contributed by atoms with E-state index in [1.165, 1.54) is 0 Å². The molecule has 1 atom stereocenters. The molecule has 0 rings (SSSR count). The Kier molecular flexibility index (Phi) is 5.23. The predicted molar refractivity (Wildman–Crippen MR) is 55.0 cm³/mol. The van der Waals surface area contributed by atoms with E-state index >= 15 is 0 Å². The number of carbonyl (C=O) groups excluding carboxylic acids is 1. The molecule has 1 N–H and O–H groups in total. The minimum absolute atomic E-state index is 0.372. The number of nitrogens with one attached hydrogen (secondary N) is 1. The normalized spacial score (nSPS) is 13.1. The average Bonchev–Trinajstić information content (AvgIpc) is 1.96. The predicted octanol–water partition coefficient (Wildman–Crippen LogP) is 2.06. The molecular formula is C10H19NO3. The third-order valence-electron chi connectivity index (χ3n) is 1.18. The minimum Gasteiger partial charge on any atom is -0.444 e. The highest BCUT2D eigenvalue weighted by atomic mass is 16.6. The third-order valence-corrected chi connectivity index (χ3v) is 1.18. The van der Waals surface area contributed by atoms with Crippen molar-refractivity contribution < 1.29 is 14.3 Å². The summed E-state index contributed by atoms with van der Waals surface area (Å²) >= 11 is 0. The van der Waals surface area contributed by atoms with Crippen LogP contribution in [0.2, 0.25) is 0 Å². The highest BCUT2D eigenvalue weighted by Gasteiger charge is 2.17. The Morgan fingerprint density at radius 2 is 2.14 bits per heavy atom. The molecule has 0 aliphatic rings. The lowest BCUT2D eigenvalue weighted by Crippen LogP contribution is -2.38. The van der Waals surface area contributed by atoms with Crippen molar-refractivity contribution in [2.24, 2.45) is 0 Å². The van der Waals surface area contributed by atoms with E-state index in [2.05, 4.69) is 11.9 Å². The third kappa shape index (κ3) is 7.61. The van der Waals surface area contributed by atoms with Crippen LogP contribution >= 0.6 is 0 Å². The number of rotatable bonds is 4. The number of amides is 1. The van der Waals surface area contributed by atoms with Crippen molar-refractivity contribution in [2.75, 3.05) is 6.61 Å². The van der Waals surface area contributed by atoms with Crippen LogP contribution in [0.1, 0.15) is 27.7 Å². The average molecular weight is 201 g/mol. The van der Waals surface area contributed by atoms with Gasteiger partial charge in [-0.25, -0.2) is 4.79 Å². The maximum Gasteiger partial charge on any atom is 0.409 e. The van der Waals surface area contributed by atoms with Crippen molar-refractivity contribution in [3.63, 3.8) is 0 Å². The first-order valence-corrected chi connectivity index (χ1v) is 4.57. The van der Waals surface area contributed by atoms with Crippen molar-refractivity contribution in [3.8, 4) is 0 Å². The van der Waals surface area contributed by atoms with E-state index in [1.807, 2.05) is 20.8 Å². The summed E-state index contributed by atoms with van der Waals surface area (Å²) in [5.41, 5.74) is -0.484. The lowest BCUT2D eigenvalue weighted by Gasteiger charge is -2.21. The summed E-state index contributed by atoms with van der Waals surface area (Å²) < 4.78 is 10.2. The standard InChI is InChI=1S/C10H19NO3/c1-6-7-13-8(2)11-9(12)14-10(3,4)5/h6,8H,1,7H2,2-5H3,(H,11,12). The second-order valence-electron chi connectivity index (χ2n) is 3.91. The molecule has 0 aromatic rings. The minimum atomic E-state index is -0.484. The Labute approximate surface area is 85.3 Å². The molecule has 4 heteroatoms. The van der Waals surface area contributed by atoms with Crippen LogP contribution in [0.25, 0.3) is 0 Å². The summed E-state index contributed by atoms with van der Waals surface area (Å²) in [6.45, 7) is 11.1. The van der Waals surface area contributed by atoms with Crippen LogP contribution in [-0.2, 0) is 9.47 Å². The zero-order valence-electron chi connectivity index (χ0n) is 9.29. The smallest absolute Gasteiger partial charge is 0.409 e. The maximum atomic E-state index is 11.2. The molecule has 14 heavy (non-hydrogen) atoms. The van der Waals surface area contributed by atoms with Crippen molar-refractivity contribution in [1.82, 2.24) is 5.32 Å². The Morgan fingerprint density at radius 1 is 1.57 bits per heavy atom. The molecule has 1 amide bonds. The van der Waals surface area contributed by atoms with E-state index in [4.69, 9.17) is 9.47 Å². The maximum absolute atomic E-state index is 11.2. The van der Waals surface area contributed by atoms with Gasteiger partial charge in [-0.15, -0.1) is 6.58 Å². The number of ether oxygens (including phenoxy) is 2. The zero-order chi connectivity index (χ0) is 11.2. The van der Waals surface area contributed by atoms with E-state index < -0.39 is 11.7 Å². The Morgan fingerprint density at radius 3 is 2.57 bits per heavy atom. The first-order valence-electron chi connectivity index (χ1n) is 4.57. The van der Waals surface area contributed by atoms with Gasteiger partial charge in [-0.3, -0.25) is 5.32 Å². The lowest BCUT2D eigenvalue weighted by molar-refractivity contribution is 0.0212. The second-order valence-corrected chi connectivity index (χ2v) is 3.91. The van der Waals surface area contributed by atoms with E-state index in [0.29, 0.717) is 6.61 Å². The van der Waals surface area contributed by atoms with Crippen LogP contribution in [0.5, 0.6) is 0 Å². The molecule has 0 fully saturated rings. The Hall–Kier alpha value is -1.03. The van der Waals surface area contributed by atoms with Crippen LogP contribution in [0.15, 0.2) is 12.7 Å². The number of hydrogen-bond acceptors (Lipinski definition) is 3. The molecule has 1 unspecified atom stereocenters. The van der Waals surface area contributed by atoms with Crippen LogP contribution < -0.4 is 5.32 Å². The van der Waals surface area contributed by atoms with Crippen LogP contribution in [-0.4, -0.2) is 24.5 Å². The molecule has 0 radical (unpaired) electrons. The van der Waals surface area contributed by atoms with Gasteiger partial charge in [-0.1, -0.05) is 6.08 Å². The summed E-state index contributed by atoms with van der Waals surface area (Å²) in [5, 5.41) is 2.54. The van der Waals surface area contributed by atoms with Crippen molar-refractivity contribution >= 4 is 6.09 Å². The van der Waals surface area contributed by atoms with Crippen LogP contribution in [0.3, 0.4) is 0 Å². The van der Waals surface area contributed by atoms with Gasteiger partial charge in [0.1, 0.15) is 11.8 Å². The molecule has 0 aliphatic carbocycles. The van der Waals surface area contributed by atoms with E-state index in [1.54, 1.807) is 13.0 Å². The van der Waals surface area contributed by atoms with Gasteiger partial charge in [0.05, 0.1) is 6.61 Å². The largest absolute Gasteiger partial charge is 0.444 e. The molecule has 82 valence electrons.